The van der Waals surface area contributed by atoms with Crippen LogP contribution in [0.1, 0.15) is 33.3 Å². The van der Waals surface area contributed by atoms with Crippen molar-refractivity contribution in [2.75, 3.05) is 6.54 Å². The van der Waals surface area contributed by atoms with Crippen LogP contribution in [0.15, 0.2) is 29.2 Å². The molecule has 0 radical (unpaired) electrons. The first-order valence-electron chi connectivity index (χ1n) is 6.12. The lowest BCUT2D eigenvalue weighted by molar-refractivity contribution is 0.246. The number of amides is 2. The summed E-state index contributed by atoms with van der Waals surface area (Å²) < 4.78 is 0. The van der Waals surface area contributed by atoms with Crippen LogP contribution in [0.2, 0.25) is 0 Å². The van der Waals surface area contributed by atoms with E-state index in [-0.39, 0.29) is 5.41 Å². The third-order valence-corrected chi connectivity index (χ3v) is 3.73. The molecule has 3 nitrogen and oxygen atoms in total. The maximum atomic E-state index is 10.8. The second-order valence-corrected chi connectivity index (χ2v) is 6.94. The number of nitrogens with one attached hydrogen (secondary N) is 1. The number of hydrogen-bond donors (Lipinski definition) is 2. The number of carbonyl (C=O) groups is 1. The Kier molecular flexibility index (Phi) is 5.08. The molecule has 1 rings (SSSR count). The van der Waals surface area contributed by atoms with Crippen molar-refractivity contribution in [3.63, 3.8) is 0 Å². The molecule has 0 aliphatic heterocycles. The number of thioether (sulfide) groups is 1. The molecule has 0 saturated carbocycles. The minimum Gasteiger partial charge on any atom is -0.352 e. The molecule has 0 fully saturated rings. The van der Waals surface area contributed by atoms with Crippen LogP contribution >= 0.6 is 11.8 Å². The number of benzene rings is 1. The van der Waals surface area contributed by atoms with Crippen LogP contribution in [0, 0.1) is 0 Å². The van der Waals surface area contributed by atoms with Gasteiger partial charge in [0.05, 0.1) is 0 Å². The highest BCUT2D eigenvalue weighted by molar-refractivity contribution is 7.99. The molecule has 0 unspecified atom stereocenters. The monoisotopic (exact) mass is 266 g/mol. The van der Waals surface area contributed by atoms with Crippen LogP contribution < -0.4 is 11.1 Å². The molecule has 2 amide bonds. The van der Waals surface area contributed by atoms with Gasteiger partial charge in [0.1, 0.15) is 0 Å². The van der Waals surface area contributed by atoms with Crippen LogP contribution in [0.3, 0.4) is 0 Å². The van der Waals surface area contributed by atoms with Gasteiger partial charge in [0.2, 0.25) is 0 Å². The van der Waals surface area contributed by atoms with E-state index in [9.17, 15) is 4.79 Å². The summed E-state index contributed by atoms with van der Waals surface area (Å²) in [6, 6.07) is 8.02. The lowest BCUT2D eigenvalue weighted by Gasteiger charge is -2.25. The van der Waals surface area contributed by atoms with Gasteiger partial charge in [-0.25, -0.2) is 4.79 Å². The lowest BCUT2D eigenvalue weighted by atomic mass is 9.85. The van der Waals surface area contributed by atoms with Gasteiger partial charge in [-0.05, 0) is 17.7 Å². The van der Waals surface area contributed by atoms with Crippen LogP contribution in [0.5, 0.6) is 0 Å². The van der Waals surface area contributed by atoms with Crippen molar-refractivity contribution in [3.8, 4) is 0 Å². The molecule has 100 valence electrons. The Balaban J connectivity index is 2.73. The fraction of sp³-hybridized carbons (Fsp3) is 0.500. The van der Waals surface area contributed by atoms with Crippen LogP contribution in [0.25, 0.3) is 0 Å². The first-order valence-corrected chi connectivity index (χ1v) is 7.00. The minimum atomic E-state index is -0.477. The molecule has 3 N–H and O–H groups in total. The standard InChI is InChI=1S/C14H22N2OS/c1-10(2)18-12-7-5-11(6-8-12)14(3,4)9-16-13(15)17/h5-8,10H,9H2,1-4H3,(H3,15,16,17). The van der Waals surface area contributed by atoms with Crippen molar-refractivity contribution in [1.29, 1.82) is 0 Å². The molecule has 0 saturated heterocycles. The molecule has 0 aromatic heterocycles. The third kappa shape index (κ3) is 4.61. The number of hydrogen-bond acceptors (Lipinski definition) is 2. The van der Waals surface area contributed by atoms with E-state index in [1.54, 1.807) is 0 Å². The topological polar surface area (TPSA) is 55.1 Å². The van der Waals surface area contributed by atoms with Crippen LogP contribution in [0.4, 0.5) is 4.79 Å². The average Bonchev–Trinajstić information content (AvgIpc) is 2.26. The summed E-state index contributed by atoms with van der Waals surface area (Å²) in [5.74, 6) is 0. The molecular formula is C14H22N2OS. The summed E-state index contributed by atoms with van der Waals surface area (Å²) in [4.78, 5) is 12.0. The Hall–Kier alpha value is -1.16. The Morgan fingerprint density at radius 3 is 2.33 bits per heavy atom. The molecule has 1 aromatic rings. The quantitative estimate of drug-likeness (QED) is 0.804. The highest BCUT2D eigenvalue weighted by atomic mass is 32.2. The van der Waals surface area contributed by atoms with Gasteiger partial charge in [-0.15, -0.1) is 11.8 Å². The summed E-state index contributed by atoms with van der Waals surface area (Å²) >= 11 is 1.85. The van der Waals surface area contributed by atoms with E-state index < -0.39 is 6.03 Å². The molecular weight excluding hydrogens is 244 g/mol. The fourth-order valence-corrected chi connectivity index (χ4v) is 2.50. The Labute approximate surface area is 114 Å². The molecule has 0 bridgehead atoms. The molecule has 0 heterocycles. The third-order valence-electron chi connectivity index (χ3n) is 2.71. The predicted molar refractivity (Wildman–Crippen MR) is 78.0 cm³/mol. The SMILES string of the molecule is CC(C)Sc1ccc(C(C)(C)CNC(N)=O)cc1. The van der Waals surface area contributed by atoms with Gasteiger partial charge in [-0.1, -0.05) is 39.8 Å². The number of primary amides is 1. The van der Waals surface area contributed by atoms with Gasteiger partial charge in [0.15, 0.2) is 0 Å². The van der Waals surface area contributed by atoms with Gasteiger partial charge in [-0.2, -0.15) is 0 Å². The molecule has 0 aliphatic rings. The zero-order valence-corrected chi connectivity index (χ0v) is 12.3. The van der Waals surface area contributed by atoms with Crippen LogP contribution in [-0.4, -0.2) is 17.8 Å². The number of rotatable bonds is 5. The molecule has 0 atom stereocenters. The highest BCUT2D eigenvalue weighted by Gasteiger charge is 2.20. The molecule has 1 aromatic carbocycles. The predicted octanol–water partition coefficient (Wildman–Crippen LogP) is 3.13. The van der Waals surface area contributed by atoms with Gasteiger partial charge in [0, 0.05) is 22.1 Å². The number of urea groups is 1. The van der Waals surface area contributed by atoms with Crippen molar-refractivity contribution >= 4 is 17.8 Å². The van der Waals surface area contributed by atoms with Gasteiger partial charge in [0.25, 0.3) is 0 Å². The smallest absolute Gasteiger partial charge is 0.312 e. The summed E-state index contributed by atoms with van der Waals surface area (Å²) in [6.45, 7) is 9.08. The van der Waals surface area contributed by atoms with Gasteiger partial charge in [-0.3, -0.25) is 0 Å². The summed E-state index contributed by atoms with van der Waals surface area (Å²) in [5.41, 5.74) is 6.19. The van der Waals surface area contributed by atoms with E-state index in [1.807, 2.05) is 11.8 Å². The van der Waals surface area contributed by atoms with E-state index in [2.05, 4.69) is 57.3 Å². The second-order valence-electron chi connectivity index (χ2n) is 5.29. The number of nitrogens with two attached hydrogens (primary N) is 1. The van der Waals surface area contributed by atoms with E-state index in [0.717, 1.165) is 0 Å². The van der Waals surface area contributed by atoms with Gasteiger partial charge >= 0.3 is 6.03 Å². The van der Waals surface area contributed by atoms with E-state index in [0.29, 0.717) is 11.8 Å². The van der Waals surface area contributed by atoms with Crippen molar-refractivity contribution in [1.82, 2.24) is 5.32 Å². The zero-order chi connectivity index (χ0) is 13.8. The summed E-state index contributed by atoms with van der Waals surface area (Å²) in [5, 5.41) is 3.25. The van der Waals surface area contributed by atoms with Crippen molar-refractivity contribution in [3.05, 3.63) is 29.8 Å². The first kappa shape index (κ1) is 14.9. The van der Waals surface area contributed by atoms with Crippen molar-refractivity contribution in [2.24, 2.45) is 5.73 Å². The summed E-state index contributed by atoms with van der Waals surface area (Å²) in [7, 11) is 0. The molecule has 0 spiro atoms. The maximum absolute atomic E-state index is 10.8. The Morgan fingerprint density at radius 1 is 1.33 bits per heavy atom. The van der Waals surface area contributed by atoms with E-state index >= 15 is 0 Å². The Morgan fingerprint density at radius 2 is 1.89 bits per heavy atom. The number of carbonyl (C=O) groups excluding carboxylic acids is 1. The van der Waals surface area contributed by atoms with Crippen molar-refractivity contribution < 1.29 is 4.79 Å². The Bertz CT molecular complexity index is 399. The van der Waals surface area contributed by atoms with E-state index in [1.165, 1.54) is 10.5 Å². The summed E-state index contributed by atoms with van der Waals surface area (Å²) in [6.07, 6.45) is 0. The van der Waals surface area contributed by atoms with E-state index in [4.69, 9.17) is 5.73 Å². The molecule has 0 aliphatic carbocycles. The molecule has 18 heavy (non-hydrogen) atoms. The average molecular weight is 266 g/mol. The van der Waals surface area contributed by atoms with Crippen LogP contribution in [-0.2, 0) is 5.41 Å². The maximum Gasteiger partial charge on any atom is 0.312 e. The second kappa shape index (κ2) is 6.14. The van der Waals surface area contributed by atoms with Gasteiger partial charge < -0.3 is 11.1 Å². The minimum absolute atomic E-state index is 0.115. The first-order chi connectivity index (χ1) is 8.31. The fourth-order valence-electron chi connectivity index (χ4n) is 1.67. The zero-order valence-electron chi connectivity index (χ0n) is 11.5. The normalized spacial score (nSPS) is 11.6. The lowest BCUT2D eigenvalue weighted by Crippen LogP contribution is -2.39. The highest BCUT2D eigenvalue weighted by Crippen LogP contribution is 2.27. The molecule has 4 heteroatoms. The van der Waals surface area contributed by atoms with Crippen molar-refractivity contribution in [2.45, 2.75) is 43.3 Å². The largest absolute Gasteiger partial charge is 0.352 e.